The van der Waals surface area contributed by atoms with Crippen molar-refractivity contribution in [1.82, 2.24) is 0 Å². The van der Waals surface area contributed by atoms with E-state index in [2.05, 4.69) is 13.1 Å². The van der Waals surface area contributed by atoms with Crippen LogP contribution in [0.5, 0.6) is 0 Å². The van der Waals surface area contributed by atoms with Crippen molar-refractivity contribution < 1.29 is 5.11 Å². The number of hydrogen-bond donors (Lipinski definition) is 1. The highest BCUT2D eigenvalue weighted by molar-refractivity contribution is 7.19. The van der Waals surface area contributed by atoms with Crippen molar-refractivity contribution in [2.45, 2.75) is 115 Å². The highest BCUT2D eigenvalue weighted by Crippen LogP contribution is 2.19. The van der Waals surface area contributed by atoms with Crippen molar-refractivity contribution in [3.8, 4) is 0 Å². The monoisotopic (exact) mass is 348 g/mol. The number of rotatable bonds is 17. The van der Waals surface area contributed by atoms with Crippen LogP contribution in [0.1, 0.15) is 96.3 Å². The quantitative estimate of drug-likeness (QED) is 0.166. The number of hydrogen-bond acceptors (Lipinski definition) is 1. The highest BCUT2D eigenvalue weighted by atomic mass is 35.6. The molecule has 0 heterocycles. The van der Waals surface area contributed by atoms with Gasteiger partial charge in [-0.2, -0.15) is 11.1 Å². The molecule has 0 aliphatic rings. The Morgan fingerprint density at radius 2 is 0.818 bits per heavy atom. The molecule has 0 radical (unpaired) electrons. The molecule has 0 saturated heterocycles. The third-order valence-corrected chi connectivity index (χ3v) is 6.54. The molecule has 1 N–H and O–H groups in total. The van der Waals surface area contributed by atoms with E-state index < -0.39 is 7.38 Å². The summed E-state index contributed by atoms with van der Waals surface area (Å²) in [7, 11) is -1.30. The Bertz CT molecular complexity index is 216. The van der Waals surface area contributed by atoms with Crippen LogP contribution in [0.25, 0.3) is 0 Å². The van der Waals surface area contributed by atoms with Gasteiger partial charge in [0.2, 0.25) is 0 Å². The molecule has 0 rings (SSSR count). The number of halogens is 1. The zero-order valence-electron chi connectivity index (χ0n) is 15.3. The lowest BCUT2D eigenvalue weighted by atomic mass is 10.0. The van der Waals surface area contributed by atoms with Gasteiger partial charge in [0.1, 0.15) is 7.38 Å². The van der Waals surface area contributed by atoms with Crippen LogP contribution < -0.4 is 0 Å². The van der Waals surface area contributed by atoms with E-state index >= 15 is 0 Å². The Morgan fingerprint density at radius 1 is 0.545 bits per heavy atom. The number of aliphatic hydroxyl groups is 1. The average Bonchev–Trinajstić information content (AvgIpc) is 2.45. The number of unbranched alkanes of at least 4 members (excludes halogenated alkanes) is 14. The van der Waals surface area contributed by atoms with Crippen LogP contribution in [-0.2, 0) is 0 Å². The van der Waals surface area contributed by atoms with E-state index in [0.29, 0.717) is 6.61 Å². The Kier molecular flexibility index (Phi) is 16.7. The van der Waals surface area contributed by atoms with E-state index in [-0.39, 0.29) is 0 Å². The van der Waals surface area contributed by atoms with Gasteiger partial charge in [0.25, 0.3) is 0 Å². The first-order valence-corrected chi connectivity index (χ1v) is 14.1. The summed E-state index contributed by atoms with van der Waals surface area (Å²) in [6.45, 7) is 4.87. The van der Waals surface area contributed by atoms with Crippen molar-refractivity contribution in [3.63, 3.8) is 0 Å². The second kappa shape index (κ2) is 16.3. The van der Waals surface area contributed by atoms with Crippen LogP contribution in [0, 0.1) is 0 Å². The minimum Gasteiger partial charge on any atom is -0.396 e. The lowest BCUT2D eigenvalue weighted by molar-refractivity contribution is 0.282. The van der Waals surface area contributed by atoms with Gasteiger partial charge >= 0.3 is 0 Å². The minimum absolute atomic E-state index is 0.367. The maximum absolute atomic E-state index is 8.70. The Hall–Kier alpha value is 0.467. The molecule has 0 saturated carbocycles. The zero-order chi connectivity index (χ0) is 16.5. The van der Waals surface area contributed by atoms with E-state index in [4.69, 9.17) is 16.2 Å². The molecule has 0 spiro atoms. The van der Waals surface area contributed by atoms with Gasteiger partial charge in [0, 0.05) is 6.61 Å². The van der Waals surface area contributed by atoms with Crippen molar-refractivity contribution in [2.24, 2.45) is 0 Å². The maximum Gasteiger partial charge on any atom is 0.150 e. The smallest absolute Gasteiger partial charge is 0.150 e. The molecule has 22 heavy (non-hydrogen) atoms. The third-order valence-electron chi connectivity index (χ3n) is 4.43. The first-order chi connectivity index (χ1) is 10.6. The van der Waals surface area contributed by atoms with E-state index in [9.17, 15) is 0 Å². The summed E-state index contributed by atoms with van der Waals surface area (Å²) in [4.78, 5) is 0. The topological polar surface area (TPSA) is 20.2 Å². The van der Waals surface area contributed by atoms with E-state index in [1.54, 1.807) is 0 Å². The molecule has 0 unspecified atom stereocenters. The molecule has 0 aromatic rings. The van der Waals surface area contributed by atoms with E-state index in [1.807, 2.05) is 0 Å². The molecule has 0 aromatic carbocycles. The third kappa shape index (κ3) is 20.5. The van der Waals surface area contributed by atoms with Gasteiger partial charge in [0.15, 0.2) is 0 Å². The molecule has 0 aromatic heterocycles. The summed E-state index contributed by atoms with van der Waals surface area (Å²) in [6, 6.07) is 1.29. The van der Waals surface area contributed by atoms with Gasteiger partial charge in [-0.1, -0.05) is 103 Å². The predicted molar refractivity (Wildman–Crippen MR) is 104 cm³/mol. The second-order valence-electron chi connectivity index (χ2n) is 7.50. The molecular weight excluding hydrogens is 308 g/mol. The summed E-state index contributed by atoms with van der Waals surface area (Å²) in [6.07, 6.45) is 20.4. The van der Waals surface area contributed by atoms with Gasteiger partial charge in [0.05, 0.1) is 0 Å². The van der Waals surface area contributed by atoms with Crippen LogP contribution in [0.2, 0.25) is 19.1 Å². The molecule has 0 atom stereocenters. The first kappa shape index (κ1) is 22.5. The number of aliphatic hydroxyl groups excluding tert-OH is 1. The van der Waals surface area contributed by atoms with Crippen LogP contribution >= 0.6 is 11.1 Å². The Morgan fingerprint density at radius 3 is 1.09 bits per heavy atom. The Balaban J connectivity index is 3.00. The molecular formula is C19H41ClOSi. The Labute approximate surface area is 145 Å². The fourth-order valence-corrected chi connectivity index (χ4v) is 4.45. The average molecular weight is 349 g/mol. The first-order valence-electron chi connectivity index (χ1n) is 9.86. The van der Waals surface area contributed by atoms with Crippen LogP contribution in [0.3, 0.4) is 0 Å². The van der Waals surface area contributed by atoms with Crippen LogP contribution in [-0.4, -0.2) is 19.1 Å². The normalized spacial score (nSPS) is 12.0. The highest BCUT2D eigenvalue weighted by Gasteiger charge is 2.15. The summed E-state index contributed by atoms with van der Waals surface area (Å²) in [5.74, 6) is 0. The van der Waals surface area contributed by atoms with Gasteiger partial charge in [-0.3, -0.25) is 0 Å². The zero-order valence-corrected chi connectivity index (χ0v) is 17.1. The summed E-state index contributed by atoms with van der Waals surface area (Å²) >= 11 is 6.33. The van der Waals surface area contributed by atoms with E-state index in [1.165, 1.54) is 95.9 Å². The SMILES string of the molecule is C[Si](C)(Cl)CCCCCCCCCCCCCCCCCO. The van der Waals surface area contributed by atoms with Crippen molar-refractivity contribution >= 4 is 18.5 Å². The lowest BCUT2D eigenvalue weighted by Crippen LogP contribution is -2.14. The maximum atomic E-state index is 8.70. The largest absolute Gasteiger partial charge is 0.396 e. The molecule has 0 aliphatic heterocycles. The molecule has 0 bridgehead atoms. The fourth-order valence-electron chi connectivity index (χ4n) is 2.96. The standard InChI is InChI=1S/C19H41ClOSi/c1-22(2,20)19-17-15-13-11-9-7-5-3-4-6-8-10-12-14-16-18-21/h21H,3-19H2,1-2H3. The summed E-state index contributed by atoms with van der Waals surface area (Å²) in [5, 5.41) is 8.70. The molecule has 1 nitrogen and oxygen atoms in total. The molecule has 0 aliphatic carbocycles. The van der Waals surface area contributed by atoms with Gasteiger partial charge in [-0.05, 0) is 12.5 Å². The molecule has 0 amide bonds. The summed E-state index contributed by atoms with van der Waals surface area (Å²) in [5.41, 5.74) is 0. The fraction of sp³-hybridized carbons (Fsp3) is 1.00. The molecule has 0 fully saturated rings. The van der Waals surface area contributed by atoms with Crippen molar-refractivity contribution in [1.29, 1.82) is 0 Å². The van der Waals surface area contributed by atoms with Crippen molar-refractivity contribution in [3.05, 3.63) is 0 Å². The molecule has 134 valence electrons. The summed E-state index contributed by atoms with van der Waals surface area (Å²) < 4.78 is 0. The van der Waals surface area contributed by atoms with Gasteiger partial charge in [-0.15, -0.1) is 0 Å². The van der Waals surface area contributed by atoms with Crippen LogP contribution in [0.15, 0.2) is 0 Å². The van der Waals surface area contributed by atoms with Crippen molar-refractivity contribution in [2.75, 3.05) is 6.61 Å². The molecule has 3 heteroatoms. The van der Waals surface area contributed by atoms with Gasteiger partial charge < -0.3 is 5.11 Å². The van der Waals surface area contributed by atoms with E-state index in [0.717, 1.165) is 6.42 Å². The minimum atomic E-state index is -1.30. The predicted octanol–water partition coefficient (Wildman–Crippen LogP) is 7.27. The lowest BCUT2D eigenvalue weighted by Gasteiger charge is -2.11. The van der Waals surface area contributed by atoms with Gasteiger partial charge in [-0.25, -0.2) is 0 Å². The second-order valence-corrected chi connectivity index (χ2v) is 14.5. The van der Waals surface area contributed by atoms with Crippen LogP contribution in [0.4, 0.5) is 0 Å².